The van der Waals surface area contributed by atoms with Gasteiger partial charge in [-0.2, -0.15) is 0 Å². The first-order chi connectivity index (χ1) is 12.0. The van der Waals surface area contributed by atoms with Crippen LogP contribution >= 0.6 is 11.3 Å². The number of benzene rings is 1. The maximum absolute atomic E-state index is 12.8. The molecule has 0 N–H and O–H groups in total. The summed E-state index contributed by atoms with van der Waals surface area (Å²) in [6, 6.07) is 5.80. The number of thiazole rings is 1. The average molecular weight is 360 g/mol. The van der Waals surface area contributed by atoms with Crippen LogP contribution in [0.2, 0.25) is 0 Å². The van der Waals surface area contributed by atoms with Crippen LogP contribution in [0.3, 0.4) is 0 Å². The minimum absolute atomic E-state index is 0.0903. The van der Waals surface area contributed by atoms with Gasteiger partial charge in [0.15, 0.2) is 11.5 Å². The fraction of sp³-hybridized carbons (Fsp3) is 0.474. The molecule has 1 atom stereocenters. The molecule has 134 valence electrons. The highest BCUT2D eigenvalue weighted by Gasteiger charge is 2.30. The molecule has 1 aliphatic heterocycles. The van der Waals surface area contributed by atoms with Crippen molar-refractivity contribution in [3.05, 3.63) is 39.8 Å². The largest absolute Gasteiger partial charge is 0.493 e. The summed E-state index contributed by atoms with van der Waals surface area (Å²) in [7, 11) is 3.46. The molecule has 1 unspecified atom stereocenters. The minimum Gasteiger partial charge on any atom is -0.493 e. The molecule has 5 nitrogen and oxygen atoms in total. The standard InChI is InChI=1S/C19H24N2O3S/c1-12(2)18-20-15(11-25-18)9-21(3)19(22)14-8-13-6-5-7-16(23-4)17(13)24-10-14/h5-7,11-12,14H,8-10H2,1-4H3. The van der Waals surface area contributed by atoms with Crippen molar-refractivity contribution < 1.29 is 14.3 Å². The van der Waals surface area contributed by atoms with Crippen LogP contribution in [-0.4, -0.2) is 36.6 Å². The first-order valence-corrected chi connectivity index (χ1v) is 9.35. The number of carbonyl (C=O) groups is 1. The van der Waals surface area contributed by atoms with Crippen LogP contribution in [0.1, 0.15) is 36.0 Å². The van der Waals surface area contributed by atoms with Crippen molar-refractivity contribution in [2.45, 2.75) is 32.7 Å². The molecule has 2 aromatic rings. The smallest absolute Gasteiger partial charge is 0.229 e. The van der Waals surface area contributed by atoms with Crippen LogP contribution in [0, 0.1) is 5.92 Å². The molecule has 25 heavy (non-hydrogen) atoms. The van der Waals surface area contributed by atoms with Gasteiger partial charge in [0.25, 0.3) is 0 Å². The maximum Gasteiger partial charge on any atom is 0.229 e. The van der Waals surface area contributed by atoms with Crippen LogP contribution in [0.25, 0.3) is 0 Å². The number of methoxy groups -OCH3 is 1. The SMILES string of the molecule is COc1cccc2c1OCC(C(=O)N(C)Cc1csc(C(C)C)n1)C2. The lowest BCUT2D eigenvalue weighted by Crippen LogP contribution is -2.38. The Labute approximate surface area is 152 Å². The van der Waals surface area contributed by atoms with Gasteiger partial charge in [0.05, 0.1) is 30.3 Å². The summed E-state index contributed by atoms with van der Waals surface area (Å²) in [6.07, 6.45) is 0.671. The predicted octanol–water partition coefficient (Wildman–Crippen LogP) is 3.48. The van der Waals surface area contributed by atoms with Crippen molar-refractivity contribution in [2.24, 2.45) is 5.92 Å². The molecule has 0 fully saturated rings. The van der Waals surface area contributed by atoms with Gasteiger partial charge in [-0.3, -0.25) is 4.79 Å². The summed E-state index contributed by atoms with van der Waals surface area (Å²) < 4.78 is 11.2. The van der Waals surface area contributed by atoms with E-state index in [-0.39, 0.29) is 11.8 Å². The van der Waals surface area contributed by atoms with Crippen LogP contribution in [0.4, 0.5) is 0 Å². The van der Waals surface area contributed by atoms with Gasteiger partial charge in [-0.1, -0.05) is 26.0 Å². The van der Waals surface area contributed by atoms with Gasteiger partial charge >= 0.3 is 0 Å². The van der Waals surface area contributed by atoms with E-state index in [1.807, 2.05) is 30.6 Å². The van der Waals surface area contributed by atoms with Crippen molar-refractivity contribution in [1.82, 2.24) is 9.88 Å². The van der Waals surface area contributed by atoms with Gasteiger partial charge in [0, 0.05) is 18.3 Å². The molecule has 2 heterocycles. The zero-order chi connectivity index (χ0) is 18.0. The Kier molecular flexibility index (Phi) is 5.27. The summed E-state index contributed by atoms with van der Waals surface area (Å²) in [5.74, 6) is 1.82. The number of ether oxygens (including phenoxy) is 2. The number of nitrogens with zero attached hydrogens (tertiary/aromatic N) is 2. The molecule has 0 saturated heterocycles. The molecule has 0 spiro atoms. The monoisotopic (exact) mass is 360 g/mol. The number of hydrogen-bond donors (Lipinski definition) is 0. The van der Waals surface area contributed by atoms with Crippen LogP contribution in [0.5, 0.6) is 11.5 Å². The Morgan fingerprint density at radius 3 is 2.96 bits per heavy atom. The normalized spacial score (nSPS) is 16.3. The molecule has 0 radical (unpaired) electrons. The highest BCUT2D eigenvalue weighted by molar-refractivity contribution is 7.09. The summed E-state index contributed by atoms with van der Waals surface area (Å²) in [4.78, 5) is 19.2. The quantitative estimate of drug-likeness (QED) is 0.819. The van der Waals surface area contributed by atoms with E-state index in [0.29, 0.717) is 25.5 Å². The topological polar surface area (TPSA) is 51.7 Å². The molecule has 0 bridgehead atoms. The number of rotatable bonds is 5. The zero-order valence-electron chi connectivity index (χ0n) is 15.1. The Morgan fingerprint density at radius 2 is 2.28 bits per heavy atom. The van der Waals surface area contributed by atoms with E-state index in [2.05, 4.69) is 18.8 Å². The summed E-state index contributed by atoms with van der Waals surface area (Å²) in [6.45, 7) is 5.17. The summed E-state index contributed by atoms with van der Waals surface area (Å²) in [5, 5.41) is 3.15. The molecule has 6 heteroatoms. The molecule has 0 saturated carbocycles. The third-order valence-electron chi connectivity index (χ3n) is 4.36. The number of carbonyl (C=O) groups excluding carboxylic acids is 1. The van der Waals surface area contributed by atoms with E-state index in [4.69, 9.17) is 9.47 Å². The Balaban J connectivity index is 1.66. The van der Waals surface area contributed by atoms with E-state index < -0.39 is 0 Å². The first-order valence-electron chi connectivity index (χ1n) is 8.47. The van der Waals surface area contributed by atoms with Crippen molar-refractivity contribution in [2.75, 3.05) is 20.8 Å². The van der Waals surface area contributed by atoms with Crippen molar-refractivity contribution in [3.8, 4) is 11.5 Å². The number of hydrogen-bond acceptors (Lipinski definition) is 5. The predicted molar refractivity (Wildman–Crippen MR) is 98.4 cm³/mol. The van der Waals surface area contributed by atoms with Crippen molar-refractivity contribution in [1.29, 1.82) is 0 Å². The minimum atomic E-state index is -0.173. The molecular weight excluding hydrogens is 336 g/mol. The van der Waals surface area contributed by atoms with E-state index in [1.165, 1.54) is 0 Å². The van der Waals surface area contributed by atoms with E-state index in [9.17, 15) is 4.79 Å². The highest BCUT2D eigenvalue weighted by atomic mass is 32.1. The fourth-order valence-corrected chi connectivity index (χ4v) is 3.83. The van der Waals surface area contributed by atoms with E-state index >= 15 is 0 Å². The van der Waals surface area contributed by atoms with Gasteiger partial charge in [0.2, 0.25) is 5.91 Å². The number of amides is 1. The third kappa shape index (κ3) is 3.79. The van der Waals surface area contributed by atoms with Gasteiger partial charge in [-0.05, 0) is 18.1 Å². The second-order valence-electron chi connectivity index (χ2n) is 6.69. The van der Waals surface area contributed by atoms with Gasteiger partial charge in [-0.25, -0.2) is 4.98 Å². The Hall–Kier alpha value is -2.08. The first kappa shape index (κ1) is 17.7. The average Bonchev–Trinajstić information content (AvgIpc) is 3.08. The van der Waals surface area contributed by atoms with Crippen LogP contribution < -0.4 is 9.47 Å². The van der Waals surface area contributed by atoms with Crippen LogP contribution in [0.15, 0.2) is 23.6 Å². The fourth-order valence-electron chi connectivity index (χ4n) is 3.01. The van der Waals surface area contributed by atoms with E-state index in [1.54, 1.807) is 23.3 Å². The zero-order valence-corrected chi connectivity index (χ0v) is 15.9. The van der Waals surface area contributed by atoms with Crippen LogP contribution in [-0.2, 0) is 17.8 Å². The lowest BCUT2D eigenvalue weighted by molar-refractivity contribution is -0.136. The molecule has 3 rings (SSSR count). The van der Waals surface area contributed by atoms with Gasteiger partial charge in [0.1, 0.15) is 6.61 Å². The molecule has 1 amide bonds. The Bertz CT molecular complexity index is 757. The Morgan fingerprint density at radius 1 is 1.48 bits per heavy atom. The summed E-state index contributed by atoms with van der Waals surface area (Å²) in [5.41, 5.74) is 1.97. The molecule has 1 aliphatic rings. The molecule has 1 aromatic heterocycles. The molecule has 1 aromatic carbocycles. The lowest BCUT2D eigenvalue weighted by atomic mass is 9.95. The summed E-state index contributed by atoms with van der Waals surface area (Å²) >= 11 is 1.65. The molecule has 0 aliphatic carbocycles. The van der Waals surface area contributed by atoms with Crippen molar-refractivity contribution >= 4 is 17.2 Å². The van der Waals surface area contributed by atoms with E-state index in [0.717, 1.165) is 27.8 Å². The number of fused-ring (bicyclic) bond motifs is 1. The van der Waals surface area contributed by atoms with Gasteiger partial charge in [-0.15, -0.1) is 11.3 Å². The van der Waals surface area contributed by atoms with Crippen molar-refractivity contribution in [3.63, 3.8) is 0 Å². The lowest BCUT2D eigenvalue weighted by Gasteiger charge is -2.28. The maximum atomic E-state index is 12.8. The number of aromatic nitrogens is 1. The molecular formula is C19H24N2O3S. The second-order valence-corrected chi connectivity index (χ2v) is 7.58. The highest BCUT2D eigenvalue weighted by Crippen LogP contribution is 2.36. The third-order valence-corrected chi connectivity index (χ3v) is 5.56. The second kappa shape index (κ2) is 7.44. The number of para-hydroxylation sites is 1. The van der Waals surface area contributed by atoms with Gasteiger partial charge < -0.3 is 14.4 Å².